The van der Waals surface area contributed by atoms with Gasteiger partial charge in [-0.15, -0.1) is 0 Å². The molecule has 1 rings (SSSR count). The number of carbonyl (C=O) groups is 1. The van der Waals surface area contributed by atoms with Gasteiger partial charge in [0.1, 0.15) is 18.0 Å². The molecule has 0 saturated carbocycles. The number of carbonyl (C=O) groups excluding carboxylic acids is 1. The Hall–Kier alpha value is -1.82. The second-order valence-electron chi connectivity index (χ2n) is 2.48. The molecule has 1 aromatic rings. The highest BCUT2D eigenvalue weighted by Crippen LogP contribution is 2.24. The minimum absolute atomic E-state index is 0.571. The van der Waals surface area contributed by atoms with Crippen LogP contribution in [0.2, 0.25) is 0 Å². The maximum atomic E-state index is 10.5. The Morgan fingerprint density at radius 3 is 2.77 bits per heavy atom. The highest BCUT2D eigenvalue weighted by molar-refractivity contribution is 5.68. The van der Waals surface area contributed by atoms with Crippen LogP contribution >= 0.6 is 0 Å². The third-order valence-corrected chi connectivity index (χ3v) is 1.75. The Morgan fingerprint density at radius 2 is 2.23 bits per heavy atom. The third kappa shape index (κ3) is 1.85. The number of para-hydroxylation sites is 1. The van der Waals surface area contributed by atoms with E-state index in [0.717, 1.165) is 0 Å². The normalized spacial score (nSPS) is 11.4. The lowest BCUT2D eigenvalue weighted by Crippen LogP contribution is -1.99. The first-order valence-electron chi connectivity index (χ1n) is 3.81. The summed E-state index contributed by atoms with van der Waals surface area (Å²) in [6, 6.07) is 8.89. The van der Waals surface area contributed by atoms with E-state index < -0.39 is 5.92 Å². The molecule has 1 aromatic carbocycles. The first-order chi connectivity index (χ1) is 6.33. The van der Waals surface area contributed by atoms with Crippen molar-refractivity contribution < 1.29 is 9.53 Å². The van der Waals surface area contributed by atoms with E-state index >= 15 is 0 Å². The van der Waals surface area contributed by atoms with Gasteiger partial charge in [-0.05, 0) is 6.07 Å². The van der Waals surface area contributed by atoms with Crippen LogP contribution < -0.4 is 4.74 Å². The SMILES string of the molecule is COc1ccccc1C(C#N)C=O. The molecular formula is C10H9NO2. The van der Waals surface area contributed by atoms with Gasteiger partial charge >= 0.3 is 0 Å². The van der Waals surface area contributed by atoms with Gasteiger partial charge in [0, 0.05) is 5.56 Å². The number of hydrogen-bond acceptors (Lipinski definition) is 3. The van der Waals surface area contributed by atoms with Crippen LogP contribution in [-0.2, 0) is 4.79 Å². The van der Waals surface area contributed by atoms with Gasteiger partial charge in [-0.3, -0.25) is 0 Å². The monoisotopic (exact) mass is 175 g/mol. The standard InChI is InChI=1S/C10H9NO2/c1-13-10-5-3-2-4-9(10)8(6-11)7-12/h2-5,7-8H,1H3. The summed E-state index contributed by atoms with van der Waals surface area (Å²) in [5.41, 5.74) is 0.613. The van der Waals surface area contributed by atoms with Crippen molar-refractivity contribution in [2.75, 3.05) is 7.11 Å². The second kappa shape index (κ2) is 4.27. The molecule has 66 valence electrons. The fraction of sp³-hybridized carbons (Fsp3) is 0.200. The lowest BCUT2D eigenvalue weighted by atomic mass is 10.0. The molecule has 1 unspecified atom stereocenters. The van der Waals surface area contributed by atoms with Crippen molar-refractivity contribution in [1.82, 2.24) is 0 Å². The average molecular weight is 175 g/mol. The number of hydrogen-bond donors (Lipinski definition) is 0. The molecule has 1 atom stereocenters. The molecule has 0 saturated heterocycles. The lowest BCUT2D eigenvalue weighted by Gasteiger charge is -2.07. The molecule has 0 radical (unpaired) electrons. The number of nitrogens with zero attached hydrogens (tertiary/aromatic N) is 1. The molecule has 0 aromatic heterocycles. The number of methoxy groups -OCH3 is 1. The minimum atomic E-state index is -0.740. The molecule has 0 heterocycles. The zero-order chi connectivity index (χ0) is 9.68. The van der Waals surface area contributed by atoms with Gasteiger partial charge in [0.2, 0.25) is 0 Å². The molecule has 0 spiro atoms. The summed E-state index contributed by atoms with van der Waals surface area (Å²) >= 11 is 0. The summed E-state index contributed by atoms with van der Waals surface area (Å²) in [4.78, 5) is 10.5. The van der Waals surface area contributed by atoms with Crippen LogP contribution in [0, 0.1) is 11.3 Å². The maximum absolute atomic E-state index is 10.5. The average Bonchev–Trinajstić information content (AvgIpc) is 2.20. The molecule has 0 aliphatic carbocycles. The van der Waals surface area contributed by atoms with Gasteiger partial charge in [-0.25, -0.2) is 0 Å². The van der Waals surface area contributed by atoms with Crippen molar-refractivity contribution in [3.8, 4) is 11.8 Å². The molecule has 0 fully saturated rings. The Morgan fingerprint density at radius 1 is 1.54 bits per heavy atom. The van der Waals surface area contributed by atoms with Crippen molar-refractivity contribution in [2.24, 2.45) is 0 Å². The van der Waals surface area contributed by atoms with Gasteiger partial charge < -0.3 is 9.53 Å². The highest BCUT2D eigenvalue weighted by atomic mass is 16.5. The third-order valence-electron chi connectivity index (χ3n) is 1.75. The largest absolute Gasteiger partial charge is 0.496 e. The number of nitriles is 1. The van der Waals surface area contributed by atoms with Gasteiger partial charge in [0.05, 0.1) is 13.2 Å². The van der Waals surface area contributed by atoms with Crippen LogP contribution in [0.3, 0.4) is 0 Å². The second-order valence-corrected chi connectivity index (χ2v) is 2.48. The lowest BCUT2D eigenvalue weighted by molar-refractivity contribution is -0.108. The molecule has 0 aliphatic rings. The van der Waals surface area contributed by atoms with E-state index in [1.54, 1.807) is 24.3 Å². The van der Waals surface area contributed by atoms with E-state index in [1.807, 2.05) is 6.07 Å². The number of ether oxygens (including phenoxy) is 1. The Kier molecular flexibility index (Phi) is 3.04. The highest BCUT2D eigenvalue weighted by Gasteiger charge is 2.13. The zero-order valence-electron chi connectivity index (χ0n) is 7.23. The van der Waals surface area contributed by atoms with Crippen LogP contribution in [-0.4, -0.2) is 13.4 Å². The molecule has 13 heavy (non-hydrogen) atoms. The van der Waals surface area contributed by atoms with E-state index in [-0.39, 0.29) is 0 Å². The van der Waals surface area contributed by atoms with E-state index in [2.05, 4.69) is 0 Å². The van der Waals surface area contributed by atoms with Crippen molar-refractivity contribution in [1.29, 1.82) is 5.26 Å². The molecule has 0 bridgehead atoms. The van der Waals surface area contributed by atoms with Gasteiger partial charge in [-0.2, -0.15) is 5.26 Å². The zero-order valence-corrected chi connectivity index (χ0v) is 7.23. The first kappa shape index (κ1) is 9.27. The number of rotatable bonds is 3. The van der Waals surface area contributed by atoms with Crippen molar-refractivity contribution in [3.63, 3.8) is 0 Å². The van der Waals surface area contributed by atoms with Crippen LogP contribution in [0.15, 0.2) is 24.3 Å². The Balaban J connectivity index is 3.12. The first-order valence-corrected chi connectivity index (χ1v) is 3.81. The topological polar surface area (TPSA) is 50.1 Å². The molecule has 0 N–H and O–H groups in total. The fourth-order valence-corrected chi connectivity index (χ4v) is 1.10. The van der Waals surface area contributed by atoms with Gasteiger partial charge in [0.15, 0.2) is 0 Å². The molecule has 0 amide bonds. The molecule has 3 heteroatoms. The van der Waals surface area contributed by atoms with Crippen LogP contribution in [0.25, 0.3) is 0 Å². The summed E-state index contributed by atoms with van der Waals surface area (Å²) in [5.74, 6) is -0.169. The predicted octanol–water partition coefficient (Wildman–Crippen LogP) is 1.50. The summed E-state index contributed by atoms with van der Waals surface area (Å²) < 4.78 is 5.02. The fourth-order valence-electron chi connectivity index (χ4n) is 1.10. The minimum Gasteiger partial charge on any atom is -0.496 e. The van der Waals surface area contributed by atoms with Crippen LogP contribution in [0.5, 0.6) is 5.75 Å². The van der Waals surface area contributed by atoms with Gasteiger partial charge in [-0.1, -0.05) is 18.2 Å². The summed E-state index contributed by atoms with van der Waals surface area (Å²) in [7, 11) is 1.51. The molecule has 3 nitrogen and oxygen atoms in total. The smallest absolute Gasteiger partial charge is 0.141 e. The number of benzene rings is 1. The quantitative estimate of drug-likeness (QED) is 0.654. The number of aldehydes is 1. The van der Waals surface area contributed by atoms with Crippen molar-refractivity contribution >= 4 is 6.29 Å². The summed E-state index contributed by atoms with van der Waals surface area (Å²) in [6.07, 6.45) is 0.609. The maximum Gasteiger partial charge on any atom is 0.141 e. The van der Waals surface area contributed by atoms with Crippen molar-refractivity contribution in [3.05, 3.63) is 29.8 Å². The van der Waals surface area contributed by atoms with Gasteiger partial charge in [0.25, 0.3) is 0 Å². The summed E-state index contributed by atoms with van der Waals surface area (Å²) in [5, 5.41) is 8.66. The van der Waals surface area contributed by atoms with E-state index in [1.165, 1.54) is 7.11 Å². The van der Waals surface area contributed by atoms with E-state index in [0.29, 0.717) is 17.6 Å². The predicted molar refractivity (Wildman–Crippen MR) is 47.4 cm³/mol. The van der Waals surface area contributed by atoms with E-state index in [4.69, 9.17) is 10.00 Å². The van der Waals surface area contributed by atoms with Crippen molar-refractivity contribution in [2.45, 2.75) is 5.92 Å². The summed E-state index contributed by atoms with van der Waals surface area (Å²) in [6.45, 7) is 0. The van der Waals surface area contributed by atoms with Crippen LogP contribution in [0.1, 0.15) is 11.5 Å². The molecule has 0 aliphatic heterocycles. The van der Waals surface area contributed by atoms with E-state index in [9.17, 15) is 4.79 Å². The van der Waals surface area contributed by atoms with Crippen LogP contribution in [0.4, 0.5) is 0 Å². The molecular weight excluding hydrogens is 166 g/mol. The Bertz CT molecular complexity index is 341. The Labute approximate surface area is 76.6 Å².